The number of nitrogens with zero attached hydrogens (tertiary/aromatic N) is 3. The molecule has 1 aromatic heterocycles. The van der Waals surface area contributed by atoms with E-state index in [0.717, 1.165) is 12.8 Å². The van der Waals surface area contributed by atoms with Crippen molar-refractivity contribution in [1.29, 1.82) is 0 Å². The topological polar surface area (TPSA) is 89.5 Å². The Kier molecular flexibility index (Phi) is 5.71. The van der Waals surface area contributed by atoms with Gasteiger partial charge in [0, 0.05) is 24.0 Å². The fraction of sp³-hybridized carbons (Fsp3) is 0.706. The second-order valence-electron chi connectivity index (χ2n) is 7.54. The van der Waals surface area contributed by atoms with E-state index in [9.17, 15) is 13.2 Å². The molecule has 8 heteroatoms. The second-order valence-corrected chi connectivity index (χ2v) is 9.47. The molecule has 1 aromatic rings. The maximum Gasteiger partial charge on any atom is 0.410 e. The normalized spacial score (nSPS) is 18.9. The maximum absolute atomic E-state index is 12.8. The number of sulfone groups is 1. The molecule has 0 saturated carbocycles. The number of likely N-dealkylation sites (tertiary alicyclic amines) is 1. The van der Waals surface area contributed by atoms with Crippen LogP contribution in [0.25, 0.3) is 0 Å². The Morgan fingerprint density at radius 2 is 1.84 bits per heavy atom. The molecule has 25 heavy (non-hydrogen) atoms. The highest BCUT2D eigenvalue weighted by Crippen LogP contribution is 2.23. The van der Waals surface area contributed by atoms with E-state index in [1.165, 1.54) is 4.90 Å². The molecular formula is C17H27N3O4S. The molecule has 0 bridgehead atoms. The van der Waals surface area contributed by atoms with Crippen LogP contribution in [0.2, 0.25) is 0 Å². The molecule has 1 fully saturated rings. The van der Waals surface area contributed by atoms with Crippen molar-refractivity contribution in [2.45, 2.75) is 70.7 Å². The van der Waals surface area contributed by atoms with Crippen LogP contribution >= 0.6 is 0 Å². The minimum atomic E-state index is -3.69. The van der Waals surface area contributed by atoms with Gasteiger partial charge >= 0.3 is 6.09 Å². The lowest BCUT2D eigenvalue weighted by molar-refractivity contribution is 0.0124. The lowest BCUT2D eigenvalue weighted by Crippen LogP contribution is -2.49. The van der Waals surface area contributed by atoms with Gasteiger partial charge in [-0.15, -0.1) is 0 Å². The van der Waals surface area contributed by atoms with Gasteiger partial charge in [0.1, 0.15) is 5.60 Å². The highest BCUT2D eigenvalue weighted by atomic mass is 32.2. The first-order chi connectivity index (χ1) is 11.5. The molecule has 2 rings (SSSR count). The van der Waals surface area contributed by atoms with Crippen molar-refractivity contribution < 1.29 is 17.9 Å². The van der Waals surface area contributed by atoms with Crippen LogP contribution in [0.3, 0.4) is 0 Å². The van der Waals surface area contributed by atoms with E-state index in [0.29, 0.717) is 24.4 Å². The summed E-state index contributed by atoms with van der Waals surface area (Å²) in [6, 6.07) is 1.31. The number of hydrogen-bond acceptors (Lipinski definition) is 6. The van der Waals surface area contributed by atoms with Crippen molar-refractivity contribution in [2.75, 3.05) is 12.3 Å². The number of amides is 1. The molecule has 0 spiro atoms. The number of carbonyl (C=O) groups excluding carboxylic acids is 1. The average molecular weight is 369 g/mol. The van der Waals surface area contributed by atoms with E-state index in [2.05, 4.69) is 9.97 Å². The molecule has 1 aliphatic heterocycles. The van der Waals surface area contributed by atoms with Crippen LogP contribution in [0.15, 0.2) is 11.2 Å². The van der Waals surface area contributed by atoms with Crippen molar-refractivity contribution in [3.05, 3.63) is 17.5 Å². The molecule has 0 aliphatic carbocycles. The van der Waals surface area contributed by atoms with Crippen LogP contribution in [0.5, 0.6) is 0 Å². The Balaban J connectivity index is 2.21. The van der Waals surface area contributed by atoms with Gasteiger partial charge in [0.2, 0.25) is 15.0 Å². The van der Waals surface area contributed by atoms with Crippen molar-refractivity contribution in [1.82, 2.24) is 14.9 Å². The summed E-state index contributed by atoms with van der Waals surface area (Å²) in [4.78, 5) is 22.1. The van der Waals surface area contributed by atoms with Crippen LogP contribution < -0.4 is 0 Å². The molecule has 0 aromatic carbocycles. The summed E-state index contributed by atoms with van der Waals surface area (Å²) >= 11 is 0. The number of hydrogen-bond donors (Lipinski definition) is 0. The molecule has 1 aliphatic rings. The van der Waals surface area contributed by atoms with E-state index in [1.807, 2.05) is 0 Å². The molecule has 1 atom stereocenters. The zero-order chi connectivity index (χ0) is 18.8. The van der Waals surface area contributed by atoms with Gasteiger partial charge in [0.25, 0.3) is 0 Å². The highest BCUT2D eigenvalue weighted by molar-refractivity contribution is 7.91. The number of carbonyl (C=O) groups is 1. The Hall–Kier alpha value is -1.70. The van der Waals surface area contributed by atoms with Gasteiger partial charge in [-0.05, 0) is 59.9 Å². The summed E-state index contributed by atoms with van der Waals surface area (Å²) in [6.07, 6.45) is 1.89. The van der Waals surface area contributed by atoms with Gasteiger partial charge < -0.3 is 9.64 Å². The lowest BCUT2D eigenvalue weighted by Gasteiger charge is -2.36. The van der Waals surface area contributed by atoms with Gasteiger partial charge in [0.05, 0.1) is 5.75 Å². The first-order valence-electron chi connectivity index (χ1n) is 8.52. The van der Waals surface area contributed by atoms with Crippen molar-refractivity contribution in [3.8, 4) is 0 Å². The summed E-state index contributed by atoms with van der Waals surface area (Å²) in [6.45, 7) is 9.36. The molecular weight excluding hydrogens is 342 g/mol. The fourth-order valence-electron chi connectivity index (χ4n) is 2.90. The van der Waals surface area contributed by atoms with Crippen molar-refractivity contribution >= 4 is 15.9 Å². The summed E-state index contributed by atoms with van der Waals surface area (Å²) in [5.74, 6) is -0.185. The van der Waals surface area contributed by atoms with Crippen molar-refractivity contribution in [3.63, 3.8) is 0 Å². The fourth-order valence-corrected chi connectivity index (χ4v) is 4.46. The van der Waals surface area contributed by atoms with E-state index in [4.69, 9.17) is 4.74 Å². The van der Waals surface area contributed by atoms with E-state index in [-0.39, 0.29) is 10.9 Å². The van der Waals surface area contributed by atoms with Gasteiger partial charge in [-0.3, -0.25) is 0 Å². The van der Waals surface area contributed by atoms with Crippen LogP contribution in [0, 0.1) is 13.8 Å². The van der Waals surface area contributed by atoms with Gasteiger partial charge in [0.15, 0.2) is 0 Å². The number of ether oxygens (including phenoxy) is 1. The predicted molar refractivity (Wildman–Crippen MR) is 94.1 cm³/mol. The molecule has 0 radical (unpaired) electrons. The van der Waals surface area contributed by atoms with Crippen LogP contribution in [0.4, 0.5) is 4.79 Å². The number of aryl methyl sites for hydroxylation is 2. The maximum atomic E-state index is 12.8. The van der Waals surface area contributed by atoms with Crippen LogP contribution in [-0.2, 0) is 14.6 Å². The number of aromatic nitrogens is 2. The van der Waals surface area contributed by atoms with Gasteiger partial charge in [-0.1, -0.05) is 0 Å². The zero-order valence-electron chi connectivity index (χ0n) is 15.6. The Morgan fingerprint density at radius 3 is 2.40 bits per heavy atom. The van der Waals surface area contributed by atoms with Gasteiger partial charge in [-0.25, -0.2) is 23.2 Å². The minimum absolute atomic E-state index is 0.167. The Labute approximate surface area is 149 Å². The van der Waals surface area contributed by atoms with E-state index >= 15 is 0 Å². The summed E-state index contributed by atoms with van der Waals surface area (Å²) in [7, 11) is -3.69. The summed E-state index contributed by atoms with van der Waals surface area (Å²) in [5, 5.41) is -0.167. The first-order valence-corrected chi connectivity index (χ1v) is 10.2. The molecule has 0 N–H and O–H groups in total. The monoisotopic (exact) mass is 369 g/mol. The lowest BCUT2D eigenvalue weighted by atomic mass is 10.0. The SMILES string of the molecule is Cc1cc(C)nc(S(=O)(=O)C[C@H]2CCCCN2C(=O)OC(C)(C)C)n1. The van der Waals surface area contributed by atoms with E-state index < -0.39 is 27.6 Å². The summed E-state index contributed by atoms with van der Waals surface area (Å²) in [5.41, 5.74) is 0.603. The third kappa shape index (κ3) is 5.39. The quantitative estimate of drug-likeness (QED) is 0.761. The largest absolute Gasteiger partial charge is 0.444 e. The third-order valence-electron chi connectivity index (χ3n) is 3.91. The zero-order valence-corrected chi connectivity index (χ0v) is 16.4. The smallest absolute Gasteiger partial charge is 0.410 e. The number of piperidine rings is 1. The Morgan fingerprint density at radius 1 is 1.24 bits per heavy atom. The number of rotatable bonds is 3. The van der Waals surface area contributed by atoms with Crippen LogP contribution in [0.1, 0.15) is 51.4 Å². The molecule has 0 unspecified atom stereocenters. The summed E-state index contributed by atoms with van der Waals surface area (Å²) < 4.78 is 30.9. The predicted octanol–water partition coefficient (Wildman–Crippen LogP) is 2.66. The first kappa shape index (κ1) is 19.6. The average Bonchev–Trinajstić information content (AvgIpc) is 2.44. The standard InChI is InChI=1S/C17H27N3O4S/c1-12-10-13(2)19-15(18-12)25(22,23)11-14-8-6-7-9-20(14)16(21)24-17(3,4)5/h10,14H,6-9,11H2,1-5H3/t14-/m1/s1. The van der Waals surface area contributed by atoms with E-state index in [1.54, 1.807) is 40.7 Å². The molecule has 7 nitrogen and oxygen atoms in total. The van der Waals surface area contributed by atoms with Crippen LogP contribution in [-0.4, -0.2) is 53.3 Å². The second kappa shape index (κ2) is 7.27. The molecule has 1 amide bonds. The third-order valence-corrected chi connectivity index (χ3v) is 5.47. The Bertz CT molecular complexity index is 721. The molecule has 2 heterocycles. The highest BCUT2D eigenvalue weighted by Gasteiger charge is 2.34. The van der Waals surface area contributed by atoms with Crippen molar-refractivity contribution in [2.24, 2.45) is 0 Å². The van der Waals surface area contributed by atoms with Gasteiger partial charge in [-0.2, -0.15) is 0 Å². The molecule has 140 valence electrons. The minimum Gasteiger partial charge on any atom is -0.444 e. The molecule has 1 saturated heterocycles.